The fourth-order valence-electron chi connectivity index (χ4n) is 4.99. The minimum absolute atomic E-state index is 0.0550. The zero-order chi connectivity index (χ0) is 46.9. The molecule has 1 atom stereocenters. The predicted molar refractivity (Wildman–Crippen MR) is 208 cm³/mol. The fraction of sp³-hybridized carbons (Fsp3) is 0.528. The van der Waals surface area contributed by atoms with Crippen molar-refractivity contribution in [2.24, 2.45) is 0 Å². The zero-order valence-electron chi connectivity index (χ0n) is 34.5. The monoisotopic (exact) mass is 921 g/mol. The lowest BCUT2D eigenvalue weighted by atomic mass is 10.0. The smallest absolute Gasteiger partial charge is 0.358 e. The number of aliphatic hydroxyl groups excluding tert-OH is 3. The average molecular weight is 922 g/mol. The van der Waals surface area contributed by atoms with E-state index < -0.39 is 97.7 Å². The zero-order valence-corrected chi connectivity index (χ0v) is 37.2. The number of carbonyl (C=O) groups excluding carboxylic acids is 2. The molecule has 5 N–H and O–H groups in total. The van der Waals surface area contributed by atoms with Gasteiger partial charge in [-0.1, -0.05) is 0 Å². The number of Topliss-reactive ketones (excluding diaryl/α,β-unsaturated/α-hetero) is 2. The molecule has 0 aliphatic carbocycles. The SMILES string of the molecule is Cc1ncc(C(=O)C(F)(F)P(C)(C)=O)c(CO)c1O.Cc1ncc(C(=O)C(F)(F)P(C)(C)=O)c2c1OC(C)(C)OC2.Cc1ncc(C(O)C(F)(F)P(C)(C)=O)c(CO)c1O. The largest absolute Gasteiger partial charge is 0.506 e. The number of rotatable bonds is 11. The van der Waals surface area contributed by atoms with Crippen LogP contribution in [0.5, 0.6) is 17.2 Å². The molecule has 24 heteroatoms. The average Bonchev–Trinajstić information content (AvgIpc) is 3.12. The first kappa shape index (κ1) is 52.4. The summed E-state index contributed by atoms with van der Waals surface area (Å²) in [6, 6.07) is 0. The van der Waals surface area contributed by atoms with Crippen LogP contribution in [0.25, 0.3) is 0 Å². The van der Waals surface area contributed by atoms with E-state index >= 15 is 0 Å². The van der Waals surface area contributed by atoms with Crippen LogP contribution in [-0.4, -0.2) is 115 Å². The van der Waals surface area contributed by atoms with Crippen LogP contribution in [0.3, 0.4) is 0 Å². The van der Waals surface area contributed by atoms with Gasteiger partial charge in [-0.2, -0.15) is 26.3 Å². The molecule has 0 spiro atoms. The number of pyridine rings is 3. The van der Waals surface area contributed by atoms with Gasteiger partial charge in [0.05, 0.1) is 48.0 Å². The highest BCUT2D eigenvalue weighted by atomic mass is 31.2. The van der Waals surface area contributed by atoms with Crippen molar-refractivity contribution in [3.63, 3.8) is 0 Å². The molecule has 3 aromatic heterocycles. The van der Waals surface area contributed by atoms with Crippen LogP contribution >= 0.6 is 21.4 Å². The second-order valence-corrected chi connectivity index (χ2v) is 25.0. The second-order valence-electron chi connectivity index (χ2n) is 15.2. The number of carbonyl (C=O) groups is 2. The van der Waals surface area contributed by atoms with Crippen LogP contribution in [0.4, 0.5) is 26.3 Å². The Kier molecular flexibility index (Phi) is 16.0. The molecule has 3 aromatic rings. The number of aliphatic hydroxyl groups is 3. The highest BCUT2D eigenvalue weighted by Gasteiger charge is 2.53. The number of fused-ring (bicyclic) bond motifs is 1. The minimum atomic E-state index is -4.07. The molecule has 0 saturated carbocycles. The Hall–Kier alpha value is -3.70. The Morgan fingerprint density at radius 1 is 0.717 bits per heavy atom. The van der Waals surface area contributed by atoms with Crippen molar-refractivity contribution in [2.75, 3.05) is 40.0 Å². The van der Waals surface area contributed by atoms with Gasteiger partial charge in [0.15, 0.2) is 33.3 Å². The number of hydrogen-bond donors (Lipinski definition) is 5. The van der Waals surface area contributed by atoms with E-state index in [9.17, 15) is 64.9 Å². The summed E-state index contributed by atoms with van der Waals surface area (Å²) in [4.78, 5) is 35.2. The number of ketones is 2. The molecule has 15 nitrogen and oxygen atoms in total. The maximum Gasteiger partial charge on any atom is 0.358 e. The minimum Gasteiger partial charge on any atom is -0.506 e. The van der Waals surface area contributed by atoms with Crippen LogP contribution in [0.2, 0.25) is 0 Å². The normalized spacial score (nSPS) is 15.0. The first-order valence-corrected chi connectivity index (χ1v) is 25.2. The van der Waals surface area contributed by atoms with Crippen molar-refractivity contribution in [3.8, 4) is 17.2 Å². The van der Waals surface area contributed by atoms with Crippen molar-refractivity contribution in [2.45, 2.75) is 83.3 Å². The molecule has 0 radical (unpaired) electrons. The first-order valence-electron chi connectivity index (χ1n) is 17.4. The Balaban J connectivity index is 0.000000312. The van der Waals surface area contributed by atoms with E-state index in [1.165, 1.54) is 13.8 Å². The maximum atomic E-state index is 14.1. The molecule has 0 fully saturated rings. The number of hydrogen-bond acceptors (Lipinski definition) is 15. The van der Waals surface area contributed by atoms with Crippen LogP contribution in [-0.2, 0) is 38.3 Å². The first-order chi connectivity index (χ1) is 26.9. The quantitative estimate of drug-likeness (QED) is 0.0722. The van der Waals surface area contributed by atoms with Crippen molar-refractivity contribution < 1.29 is 84.6 Å². The maximum absolute atomic E-state index is 14.1. The van der Waals surface area contributed by atoms with Crippen molar-refractivity contribution >= 4 is 33.0 Å². The second kappa shape index (κ2) is 18.3. The van der Waals surface area contributed by atoms with E-state index in [1.807, 2.05) is 0 Å². The highest BCUT2D eigenvalue weighted by Crippen LogP contribution is 2.60. The van der Waals surface area contributed by atoms with Crippen molar-refractivity contribution in [1.82, 2.24) is 15.0 Å². The molecular formula is C36H48F6N3O12P3. The van der Waals surface area contributed by atoms with Gasteiger partial charge < -0.3 is 48.7 Å². The lowest BCUT2D eigenvalue weighted by molar-refractivity contribution is -0.180. The molecule has 4 rings (SSSR count). The van der Waals surface area contributed by atoms with E-state index in [1.54, 1.807) is 20.8 Å². The summed E-state index contributed by atoms with van der Waals surface area (Å²) in [5.74, 6) is -4.89. The number of aryl methyl sites for hydroxylation is 3. The van der Waals surface area contributed by atoms with Crippen LogP contribution in [0.1, 0.15) is 80.0 Å². The summed E-state index contributed by atoms with van der Waals surface area (Å²) < 4.78 is 129. The number of aromatic nitrogens is 3. The number of aromatic hydroxyl groups is 2. The van der Waals surface area contributed by atoms with E-state index in [2.05, 4.69) is 15.0 Å². The van der Waals surface area contributed by atoms with Crippen LogP contribution < -0.4 is 4.74 Å². The van der Waals surface area contributed by atoms with Crippen molar-refractivity contribution in [1.29, 1.82) is 0 Å². The third-order valence-corrected chi connectivity index (χ3v) is 13.8. The molecule has 1 aliphatic heterocycles. The molecule has 0 saturated heterocycles. The summed E-state index contributed by atoms with van der Waals surface area (Å²) >= 11 is 0. The van der Waals surface area contributed by atoms with Gasteiger partial charge in [-0.05, 0) is 60.8 Å². The van der Waals surface area contributed by atoms with Crippen LogP contribution in [0.15, 0.2) is 18.6 Å². The summed E-state index contributed by atoms with van der Waals surface area (Å²) in [6.45, 7) is 11.3. The summed E-state index contributed by atoms with van der Waals surface area (Å²) in [6.07, 6.45) is 0.432. The number of halogens is 6. The van der Waals surface area contributed by atoms with Gasteiger partial charge in [0.2, 0.25) is 17.4 Å². The summed E-state index contributed by atoms with van der Waals surface area (Å²) in [5.41, 5.74) is -12.9. The Labute approximate surface area is 341 Å². The predicted octanol–water partition coefficient (Wildman–Crippen LogP) is 7.26. The molecule has 0 amide bonds. The van der Waals surface area contributed by atoms with Gasteiger partial charge in [-0.15, -0.1) is 0 Å². The van der Waals surface area contributed by atoms with E-state index in [0.717, 1.165) is 58.6 Å². The topological polar surface area (TPSA) is 244 Å². The highest BCUT2D eigenvalue weighted by molar-refractivity contribution is 7.65. The Morgan fingerprint density at radius 3 is 1.55 bits per heavy atom. The van der Waals surface area contributed by atoms with Gasteiger partial charge in [0.25, 0.3) is 0 Å². The number of nitrogens with zero attached hydrogens (tertiary/aromatic N) is 3. The van der Waals surface area contributed by atoms with Gasteiger partial charge in [-0.3, -0.25) is 24.5 Å². The molecule has 60 heavy (non-hydrogen) atoms. The van der Waals surface area contributed by atoms with Gasteiger partial charge >= 0.3 is 17.0 Å². The lowest BCUT2D eigenvalue weighted by Gasteiger charge is -2.34. The van der Waals surface area contributed by atoms with Crippen molar-refractivity contribution in [3.05, 3.63) is 69.1 Å². The Bertz CT molecular complexity index is 2280. The number of ether oxygens (including phenoxy) is 2. The van der Waals surface area contributed by atoms with E-state index in [-0.39, 0.29) is 46.0 Å². The van der Waals surface area contributed by atoms with Crippen LogP contribution in [0, 0.1) is 20.8 Å². The Morgan fingerprint density at radius 2 is 1.12 bits per heavy atom. The molecule has 0 bridgehead atoms. The number of alkyl halides is 6. The molecule has 0 aromatic carbocycles. The van der Waals surface area contributed by atoms with E-state index in [0.29, 0.717) is 5.69 Å². The van der Waals surface area contributed by atoms with Gasteiger partial charge in [0.1, 0.15) is 11.5 Å². The summed E-state index contributed by atoms with van der Waals surface area (Å²) in [7, 11) is -11.9. The third kappa shape index (κ3) is 10.8. The molecule has 4 heterocycles. The molecule has 1 aliphatic rings. The molecule has 1 unspecified atom stereocenters. The van der Waals surface area contributed by atoms with Gasteiger partial charge in [-0.25, -0.2) is 0 Å². The molecular weight excluding hydrogens is 873 g/mol. The molecule has 336 valence electrons. The van der Waals surface area contributed by atoms with Gasteiger partial charge in [0, 0.05) is 54.7 Å². The lowest BCUT2D eigenvalue weighted by Crippen LogP contribution is -2.37. The standard InChI is InChI=1S/C14H18F2NO4P.C11H16F2NO4P.C11H14F2NO4P/c1-8-11-10(7-20-13(2,3)21-11)9(6-17-8)12(18)14(15,16)22(4,5)19;2*1-6-9(16)8(5-15)7(4-14-6)10(17)11(12,13)19(2,3)18/h6H,7H2,1-5H3;4,10,15-17H,5H2,1-3H3;4,15-16H,5H2,1-3H3. The fourth-order valence-corrected chi connectivity index (χ4v) is 6.94. The van der Waals surface area contributed by atoms with E-state index in [4.69, 9.17) is 19.7 Å². The summed E-state index contributed by atoms with van der Waals surface area (Å²) in [5, 5.41) is 47.2. The third-order valence-electron chi connectivity index (χ3n) is 8.99.